The number of hydrogen-bond acceptors (Lipinski definition) is 6. The Morgan fingerprint density at radius 3 is 2.96 bits per heavy atom. The lowest BCUT2D eigenvalue weighted by Crippen LogP contribution is -2.22. The van der Waals surface area contributed by atoms with Crippen LogP contribution >= 0.6 is 11.3 Å². The van der Waals surface area contributed by atoms with E-state index in [0.717, 1.165) is 54.0 Å². The summed E-state index contributed by atoms with van der Waals surface area (Å²) in [6, 6.07) is 0.0977. The van der Waals surface area contributed by atoms with Crippen LogP contribution in [0, 0.1) is 11.8 Å². The SMILES string of the molecule is CC(C)[C@H](Nc1ncnc2sc3c(c12)CC[C@H](C)C3)c1nnc2n1CCC2. The molecular formula is C20H26N6S. The third kappa shape index (κ3) is 2.83. The quantitative estimate of drug-likeness (QED) is 0.734. The fourth-order valence-electron chi connectivity index (χ4n) is 4.46. The van der Waals surface area contributed by atoms with Crippen LogP contribution in [0.4, 0.5) is 5.82 Å². The zero-order chi connectivity index (χ0) is 18.5. The number of aryl methyl sites for hydroxylation is 2. The highest BCUT2D eigenvalue weighted by Gasteiger charge is 2.29. The standard InChI is InChI=1S/C20H26N6S/c1-11(2)17(19-25-24-15-5-4-8-26(15)19)23-18-16-13-7-6-12(3)9-14(13)27-20(16)22-10-21-18/h10-12,17H,4-9H2,1-3H3,(H,21,22,23)/t12-,17-/m0/s1. The van der Waals surface area contributed by atoms with Crippen molar-refractivity contribution in [2.24, 2.45) is 11.8 Å². The highest BCUT2D eigenvalue weighted by Crippen LogP contribution is 2.40. The fourth-order valence-corrected chi connectivity index (χ4v) is 5.81. The Labute approximate surface area is 163 Å². The van der Waals surface area contributed by atoms with E-state index in [1.54, 1.807) is 6.33 Å². The summed E-state index contributed by atoms with van der Waals surface area (Å²) in [7, 11) is 0. The molecule has 0 aromatic carbocycles. The van der Waals surface area contributed by atoms with Crippen LogP contribution in [0.5, 0.6) is 0 Å². The van der Waals surface area contributed by atoms with E-state index in [4.69, 9.17) is 0 Å². The van der Waals surface area contributed by atoms with Gasteiger partial charge in [0, 0.05) is 17.8 Å². The fraction of sp³-hybridized carbons (Fsp3) is 0.600. The van der Waals surface area contributed by atoms with Crippen molar-refractivity contribution in [2.45, 2.75) is 65.5 Å². The molecule has 7 heteroatoms. The summed E-state index contributed by atoms with van der Waals surface area (Å²) in [6.45, 7) is 7.83. The largest absolute Gasteiger partial charge is 0.359 e. The summed E-state index contributed by atoms with van der Waals surface area (Å²) >= 11 is 1.85. The lowest BCUT2D eigenvalue weighted by Gasteiger charge is -2.23. The van der Waals surface area contributed by atoms with E-state index in [1.165, 1.54) is 28.7 Å². The van der Waals surface area contributed by atoms with Crippen molar-refractivity contribution in [1.29, 1.82) is 0 Å². The minimum absolute atomic E-state index is 0.0977. The molecule has 0 unspecified atom stereocenters. The summed E-state index contributed by atoms with van der Waals surface area (Å²) in [4.78, 5) is 11.8. The monoisotopic (exact) mass is 382 g/mol. The predicted octanol–water partition coefficient (Wildman–Crippen LogP) is 4.16. The number of fused-ring (bicyclic) bond motifs is 4. The van der Waals surface area contributed by atoms with Gasteiger partial charge in [-0.15, -0.1) is 21.5 Å². The predicted molar refractivity (Wildman–Crippen MR) is 108 cm³/mol. The number of rotatable bonds is 4. The van der Waals surface area contributed by atoms with Crippen LogP contribution in [-0.4, -0.2) is 24.7 Å². The molecule has 2 atom stereocenters. The van der Waals surface area contributed by atoms with Gasteiger partial charge in [0.2, 0.25) is 0 Å². The summed E-state index contributed by atoms with van der Waals surface area (Å²) in [5.74, 6) is 4.27. The lowest BCUT2D eigenvalue weighted by atomic mass is 9.89. The first-order valence-corrected chi connectivity index (χ1v) is 10.9. The molecule has 0 radical (unpaired) electrons. The van der Waals surface area contributed by atoms with Crippen LogP contribution in [-0.2, 0) is 25.8 Å². The van der Waals surface area contributed by atoms with Crippen molar-refractivity contribution < 1.29 is 0 Å². The van der Waals surface area contributed by atoms with Crippen LogP contribution in [0.1, 0.15) is 61.7 Å². The molecule has 3 aromatic heterocycles. The Morgan fingerprint density at radius 2 is 2.11 bits per heavy atom. The van der Waals surface area contributed by atoms with Gasteiger partial charge in [0.15, 0.2) is 5.82 Å². The molecule has 0 saturated heterocycles. The topological polar surface area (TPSA) is 68.5 Å². The molecule has 0 bridgehead atoms. The van der Waals surface area contributed by atoms with Crippen molar-refractivity contribution in [3.05, 3.63) is 28.4 Å². The molecule has 1 N–H and O–H groups in total. The molecule has 0 amide bonds. The van der Waals surface area contributed by atoms with Gasteiger partial charge in [-0.3, -0.25) is 0 Å². The maximum absolute atomic E-state index is 4.66. The first-order chi connectivity index (χ1) is 13.1. The van der Waals surface area contributed by atoms with Crippen LogP contribution < -0.4 is 5.32 Å². The van der Waals surface area contributed by atoms with Crippen molar-refractivity contribution in [1.82, 2.24) is 24.7 Å². The molecule has 1 aliphatic heterocycles. The number of aromatic nitrogens is 5. The van der Waals surface area contributed by atoms with Crippen LogP contribution in [0.25, 0.3) is 10.2 Å². The highest BCUT2D eigenvalue weighted by atomic mass is 32.1. The maximum Gasteiger partial charge on any atom is 0.155 e. The van der Waals surface area contributed by atoms with Crippen molar-refractivity contribution in [3.8, 4) is 0 Å². The molecule has 5 rings (SSSR count). The van der Waals surface area contributed by atoms with Crippen LogP contribution in [0.3, 0.4) is 0 Å². The first-order valence-electron chi connectivity index (χ1n) is 10.1. The number of thiophene rings is 1. The molecule has 27 heavy (non-hydrogen) atoms. The third-order valence-corrected chi connectivity index (χ3v) is 7.13. The molecule has 0 fully saturated rings. The first kappa shape index (κ1) is 17.1. The molecule has 4 heterocycles. The van der Waals surface area contributed by atoms with E-state index in [2.05, 4.69) is 50.8 Å². The van der Waals surface area contributed by atoms with E-state index >= 15 is 0 Å². The smallest absolute Gasteiger partial charge is 0.155 e. The second-order valence-electron chi connectivity index (χ2n) is 8.35. The van der Waals surface area contributed by atoms with Crippen molar-refractivity contribution >= 4 is 27.4 Å². The van der Waals surface area contributed by atoms with E-state index < -0.39 is 0 Å². The van der Waals surface area contributed by atoms with Gasteiger partial charge in [0.05, 0.1) is 11.4 Å². The number of anilines is 1. The average Bonchev–Trinajstić information content (AvgIpc) is 3.33. The molecule has 2 aliphatic rings. The minimum atomic E-state index is 0.0977. The highest BCUT2D eigenvalue weighted by molar-refractivity contribution is 7.19. The maximum atomic E-state index is 4.66. The normalized spacial score (nSPS) is 20.1. The van der Waals surface area contributed by atoms with E-state index in [0.29, 0.717) is 5.92 Å². The van der Waals surface area contributed by atoms with Gasteiger partial charge in [-0.1, -0.05) is 20.8 Å². The van der Waals surface area contributed by atoms with Gasteiger partial charge in [0.25, 0.3) is 0 Å². The molecule has 0 spiro atoms. The second kappa shape index (κ2) is 6.55. The Kier molecular flexibility index (Phi) is 4.15. The minimum Gasteiger partial charge on any atom is -0.359 e. The number of nitrogens with zero attached hydrogens (tertiary/aromatic N) is 5. The summed E-state index contributed by atoms with van der Waals surface area (Å²) < 4.78 is 2.29. The van der Waals surface area contributed by atoms with E-state index in [1.807, 2.05) is 11.3 Å². The zero-order valence-corrected chi connectivity index (χ0v) is 17.0. The van der Waals surface area contributed by atoms with Gasteiger partial charge in [-0.05, 0) is 43.1 Å². The molecule has 142 valence electrons. The summed E-state index contributed by atoms with van der Waals surface area (Å²) in [6.07, 6.45) is 7.44. The Morgan fingerprint density at radius 1 is 1.22 bits per heavy atom. The zero-order valence-electron chi connectivity index (χ0n) is 16.2. The second-order valence-corrected chi connectivity index (χ2v) is 9.43. The summed E-state index contributed by atoms with van der Waals surface area (Å²) in [5, 5.41) is 13.9. The van der Waals surface area contributed by atoms with Gasteiger partial charge < -0.3 is 9.88 Å². The number of nitrogens with one attached hydrogen (secondary N) is 1. The van der Waals surface area contributed by atoms with Crippen molar-refractivity contribution in [2.75, 3.05) is 5.32 Å². The van der Waals surface area contributed by atoms with Gasteiger partial charge >= 0.3 is 0 Å². The van der Waals surface area contributed by atoms with E-state index in [-0.39, 0.29) is 6.04 Å². The molecule has 3 aromatic rings. The van der Waals surface area contributed by atoms with Gasteiger partial charge in [0.1, 0.15) is 22.8 Å². The van der Waals surface area contributed by atoms with E-state index in [9.17, 15) is 0 Å². The van der Waals surface area contributed by atoms with Gasteiger partial charge in [-0.25, -0.2) is 9.97 Å². The molecular weight excluding hydrogens is 356 g/mol. The number of hydrogen-bond donors (Lipinski definition) is 1. The van der Waals surface area contributed by atoms with Crippen molar-refractivity contribution in [3.63, 3.8) is 0 Å². The molecule has 6 nitrogen and oxygen atoms in total. The Balaban J connectivity index is 1.56. The molecule has 0 saturated carbocycles. The Hall–Kier alpha value is -2.02. The summed E-state index contributed by atoms with van der Waals surface area (Å²) in [5.41, 5.74) is 1.46. The van der Waals surface area contributed by atoms with Gasteiger partial charge in [-0.2, -0.15) is 0 Å². The Bertz CT molecular complexity index is 988. The average molecular weight is 383 g/mol. The third-order valence-electron chi connectivity index (χ3n) is 5.97. The van der Waals surface area contributed by atoms with Crippen LogP contribution in [0.15, 0.2) is 6.33 Å². The van der Waals surface area contributed by atoms with Crippen LogP contribution in [0.2, 0.25) is 0 Å². The molecule has 1 aliphatic carbocycles. The lowest BCUT2D eigenvalue weighted by molar-refractivity contribution is 0.495.